The Hall–Kier alpha value is -1.02. The molecule has 0 heterocycles. The van der Waals surface area contributed by atoms with Gasteiger partial charge in [0.05, 0.1) is 4.90 Å². The minimum Gasteiger partial charge on any atom is -0.382 e. The number of nitrogens with two attached hydrogens (primary N) is 1. The molecule has 0 saturated carbocycles. The zero-order valence-electron chi connectivity index (χ0n) is 11.8. The van der Waals surface area contributed by atoms with E-state index in [4.69, 9.17) is 10.5 Å². The molecule has 3 N–H and O–H groups in total. The molecule has 0 unspecified atom stereocenters. The monoisotopic (exact) mass is 304 g/mol. The summed E-state index contributed by atoms with van der Waals surface area (Å²) >= 11 is 0. The lowest BCUT2D eigenvalue weighted by Crippen LogP contribution is -2.26. The Morgan fingerprint density at radius 2 is 2.10 bits per heavy atom. The number of nitrogens with one attached hydrogen (secondary N) is 1. The van der Waals surface area contributed by atoms with Crippen molar-refractivity contribution in [1.82, 2.24) is 4.72 Å². The molecule has 0 amide bonds. The quantitative estimate of drug-likeness (QED) is 0.709. The van der Waals surface area contributed by atoms with E-state index in [0.29, 0.717) is 25.2 Å². The first kappa shape index (κ1) is 17.0. The van der Waals surface area contributed by atoms with Crippen LogP contribution >= 0.6 is 0 Å². The lowest BCUT2D eigenvalue weighted by Gasteiger charge is -2.11. The van der Waals surface area contributed by atoms with Gasteiger partial charge in [-0.25, -0.2) is 17.5 Å². The summed E-state index contributed by atoms with van der Waals surface area (Å²) in [4.78, 5) is -0.0608. The van der Waals surface area contributed by atoms with Crippen LogP contribution in [0.2, 0.25) is 0 Å². The van der Waals surface area contributed by atoms with Crippen LogP contribution in [0, 0.1) is 12.7 Å². The molecule has 0 spiro atoms. The lowest BCUT2D eigenvalue weighted by atomic mass is 10.1. The number of hydrogen-bond acceptors (Lipinski definition) is 4. The molecule has 0 saturated heterocycles. The summed E-state index contributed by atoms with van der Waals surface area (Å²) in [6.45, 7) is 4.71. The van der Waals surface area contributed by atoms with Gasteiger partial charge in [-0.15, -0.1) is 0 Å². The maximum absolute atomic E-state index is 13.7. The van der Waals surface area contributed by atoms with Crippen molar-refractivity contribution in [3.8, 4) is 0 Å². The molecule has 0 aliphatic carbocycles. The minimum absolute atomic E-state index is 0.0608. The number of benzene rings is 1. The maximum atomic E-state index is 13.7. The van der Waals surface area contributed by atoms with E-state index in [1.54, 1.807) is 0 Å². The molecule has 0 aliphatic rings. The van der Waals surface area contributed by atoms with E-state index in [1.807, 2.05) is 6.92 Å². The normalized spacial score (nSPS) is 11.8. The Kier molecular flexibility index (Phi) is 6.54. The number of hydrogen-bond donors (Lipinski definition) is 2. The molecule has 0 radical (unpaired) electrons. The lowest BCUT2D eigenvalue weighted by molar-refractivity contribution is 0.146. The van der Waals surface area contributed by atoms with Crippen LogP contribution in [0.25, 0.3) is 0 Å². The Morgan fingerprint density at radius 3 is 2.70 bits per heavy atom. The Morgan fingerprint density at radius 1 is 1.40 bits per heavy atom. The van der Waals surface area contributed by atoms with Crippen molar-refractivity contribution in [3.05, 3.63) is 29.1 Å². The van der Waals surface area contributed by atoms with Gasteiger partial charge >= 0.3 is 0 Å². The predicted octanol–water partition coefficient (Wildman–Crippen LogP) is 1.30. The van der Waals surface area contributed by atoms with E-state index in [9.17, 15) is 12.8 Å². The molecule has 7 heteroatoms. The largest absolute Gasteiger partial charge is 0.382 e. The van der Waals surface area contributed by atoms with E-state index < -0.39 is 15.8 Å². The van der Waals surface area contributed by atoms with E-state index in [1.165, 1.54) is 19.1 Å². The first-order chi connectivity index (χ1) is 9.42. The molecule has 114 valence electrons. The van der Waals surface area contributed by atoms with E-state index in [0.717, 1.165) is 0 Å². The van der Waals surface area contributed by atoms with Crippen LogP contribution in [0.4, 0.5) is 4.39 Å². The van der Waals surface area contributed by atoms with Crippen molar-refractivity contribution in [1.29, 1.82) is 0 Å². The summed E-state index contributed by atoms with van der Waals surface area (Å²) in [6.07, 6.45) is 0.561. The van der Waals surface area contributed by atoms with Crippen molar-refractivity contribution in [3.63, 3.8) is 0 Å². The molecule has 0 bridgehead atoms. The van der Waals surface area contributed by atoms with Crippen LogP contribution in [0.5, 0.6) is 0 Å². The summed E-state index contributed by atoms with van der Waals surface area (Å²) in [5, 5.41) is 0. The Labute approximate surface area is 119 Å². The molecule has 0 aliphatic heterocycles. The van der Waals surface area contributed by atoms with Crippen molar-refractivity contribution in [2.45, 2.75) is 31.7 Å². The van der Waals surface area contributed by atoms with Crippen molar-refractivity contribution >= 4 is 10.0 Å². The first-order valence-electron chi connectivity index (χ1n) is 6.49. The predicted molar refractivity (Wildman–Crippen MR) is 75.3 cm³/mol. The number of ether oxygens (including phenoxy) is 1. The zero-order valence-corrected chi connectivity index (χ0v) is 12.6. The number of rotatable bonds is 8. The average Bonchev–Trinajstić information content (AvgIpc) is 2.41. The Bertz CT molecular complexity index is 547. The van der Waals surface area contributed by atoms with Crippen LogP contribution in [-0.2, 0) is 21.3 Å². The molecular weight excluding hydrogens is 283 g/mol. The van der Waals surface area contributed by atoms with Gasteiger partial charge < -0.3 is 10.5 Å². The third-order valence-electron chi connectivity index (χ3n) is 2.84. The second-order valence-electron chi connectivity index (χ2n) is 4.35. The summed E-state index contributed by atoms with van der Waals surface area (Å²) in [6, 6.07) is 2.66. The highest BCUT2D eigenvalue weighted by atomic mass is 32.2. The third kappa shape index (κ3) is 4.52. The van der Waals surface area contributed by atoms with Gasteiger partial charge in [-0.1, -0.05) is 0 Å². The molecule has 5 nitrogen and oxygen atoms in total. The van der Waals surface area contributed by atoms with E-state index in [-0.39, 0.29) is 23.5 Å². The fraction of sp³-hybridized carbons (Fsp3) is 0.538. The summed E-state index contributed by atoms with van der Waals surface area (Å²) in [7, 11) is -3.73. The first-order valence-corrected chi connectivity index (χ1v) is 7.97. The van der Waals surface area contributed by atoms with Gasteiger partial charge in [0.15, 0.2) is 0 Å². The van der Waals surface area contributed by atoms with Crippen LogP contribution in [0.15, 0.2) is 17.0 Å². The number of halogens is 1. The van der Waals surface area contributed by atoms with Gasteiger partial charge in [-0.2, -0.15) is 0 Å². The van der Waals surface area contributed by atoms with Crippen LogP contribution < -0.4 is 10.5 Å². The van der Waals surface area contributed by atoms with Gasteiger partial charge in [0.2, 0.25) is 10.0 Å². The highest BCUT2D eigenvalue weighted by molar-refractivity contribution is 7.89. The van der Waals surface area contributed by atoms with Gasteiger partial charge in [0.1, 0.15) is 5.82 Å². The van der Waals surface area contributed by atoms with E-state index in [2.05, 4.69) is 4.72 Å². The minimum atomic E-state index is -3.73. The maximum Gasteiger partial charge on any atom is 0.240 e. The van der Waals surface area contributed by atoms with Crippen LogP contribution in [-0.4, -0.2) is 28.2 Å². The van der Waals surface area contributed by atoms with Crippen molar-refractivity contribution in [2.24, 2.45) is 5.73 Å². The third-order valence-corrected chi connectivity index (χ3v) is 4.43. The highest BCUT2D eigenvalue weighted by Gasteiger charge is 2.19. The average molecular weight is 304 g/mol. The zero-order chi connectivity index (χ0) is 15.2. The molecule has 0 aromatic heterocycles. The number of sulfonamides is 1. The summed E-state index contributed by atoms with van der Waals surface area (Å²) in [5.41, 5.74) is 5.98. The summed E-state index contributed by atoms with van der Waals surface area (Å²) in [5.74, 6) is -0.567. The standard InChI is InChI=1S/C13H21FN2O3S/c1-3-19-6-4-5-16-20(17,18)13-8-11(9-15)7-12(14)10(13)2/h7-8,16H,3-6,9,15H2,1-2H3. The van der Waals surface area contributed by atoms with Crippen LogP contribution in [0.3, 0.4) is 0 Å². The van der Waals surface area contributed by atoms with Crippen molar-refractivity contribution < 1.29 is 17.5 Å². The molecular formula is C13H21FN2O3S. The summed E-state index contributed by atoms with van der Waals surface area (Å²) < 4.78 is 45.5. The van der Waals surface area contributed by atoms with E-state index >= 15 is 0 Å². The van der Waals surface area contributed by atoms with Gasteiger partial charge in [0, 0.05) is 31.9 Å². The molecule has 0 atom stereocenters. The smallest absolute Gasteiger partial charge is 0.240 e. The van der Waals surface area contributed by atoms with Gasteiger partial charge in [-0.05, 0) is 38.0 Å². The molecule has 20 heavy (non-hydrogen) atoms. The van der Waals surface area contributed by atoms with Gasteiger partial charge in [-0.3, -0.25) is 0 Å². The Balaban J connectivity index is 2.84. The van der Waals surface area contributed by atoms with Gasteiger partial charge in [0.25, 0.3) is 0 Å². The topological polar surface area (TPSA) is 81.4 Å². The molecule has 1 aromatic carbocycles. The molecule has 1 rings (SSSR count). The highest BCUT2D eigenvalue weighted by Crippen LogP contribution is 2.20. The fourth-order valence-electron chi connectivity index (χ4n) is 1.71. The second kappa shape index (κ2) is 7.68. The van der Waals surface area contributed by atoms with Crippen LogP contribution in [0.1, 0.15) is 24.5 Å². The molecule has 1 aromatic rings. The SMILES string of the molecule is CCOCCCNS(=O)(=O)c1cc(CN)cc(F)c1C. The van der Waals surface area contributed by atoms with Crippen molar-refractivity contribution in [2.75, 3.05) is 19.8 Å². The second-order valence-corrected chi connectivity index (χ2v) is 6.09. The fourth-order valence-corrected chi connectivity index (χ4v) is 3.08. The molecule has 0 fully saturated rings.